The first-order chi connectivity index (χ1) is 5.81. The van der Waals surface area contributed by atoms with Crippen LogP contribution in [0.2, 0.25) is 0 Å². The Morgan fingerprint density at radius 2 is 2.33 bits per heavy atom. The van der Waals surface area contributed by atoms with E-state index >= 15 is 0 Å². The van der Waals surface area contributed by atoms with Crippen molar-refractivity contribution in [1.82, 2.24) is 4.90 Å². The highest BCUT2D eigenvalue weighted by molar-refractivity contribution is 5.84. The summed E-state index contributed by atoms with van der Waals surface area (Å²) in [6.07, 6.45) is 1.35. The normalized spacial score (nSPS) is 40.5. The van der Waals surface area contributed by atoms with Crippen molar-refractivity contribution >= 4 is 5.71 Å². The van der Waals surface area contributed by atoms with Crippen LogP contribution in [0.25, 0.3) is 0 Å². The lowest BCUT2D eigenvalue weighted by Gasteiger charge is -2.20. The second-order valence-electron chi connectivity index (χ2n) is 3.83. The third-order valence-corrected chi connectivity index (χ3v) is 3.10. The van der Waals surface area contributed by atoms with Crippen LogP contribution in [0.4, 0.5) is 0 Å². The van der Waals surface area contributed by atoms with Crippen molar-refractivity contribution < 1.29 is 4.84 Å². The van der Waals surface area contributed by atoms with Crippen molar-refractivity contribution in [2.24, 2.45) is 17.0 Å². The number of nitrogens with zero attached hydrogens (tertiary/aromatic N) is 2. The molecule has 12 heavy (non-hydrogen) atoms. The highest BCUT2D eigenvalue weighted by Gasteiger charge is 2.39. The lowest BCUT2D eigenvalue weighted by molar-refractivity contribution is 0.208. The van der Waals surface area contributed by atoms with Gasteiger partial charge in [0, 0.05) is 19.0 Å². The van der Waals surface area contributed by atoms with Gasteiger partial charge in [0.25, 0.3) is 0 Å². The summed E-state index contributed by atoms with van der Waals surface area (Å²) >= 11 is 0. The summed E-state index contributed by atoms with van der Waals surface area (Å²) in [5, 5.41) is 4.02. The largest absolute Gasteiger partial charge is 0.399 e. The first kappa shape index (κ1) is 8.05. The van der Waals surface area contributed by atoms with Gasteiger partial charge in [-0.3, -0.25) is 0 Å². The highest BCUT2D eigenvalue weighted by atomic mass is 16.6. The molecule has 0 spiro atoms. The topological polar surface area (TPSA) is 24.8 Å². The van der Waals surface area contributed by atoms with E-state index in [-0.39, 0.29) is 0 Å². The van der Waals surface area contributed by atoms with Gasteiger partial charge in [-0.25, -0.2) is 0 Å². The van der Waals surface area contributed by atoms with Gasteiger partial charge in [-0.15, -0.1) is 0 Å². The first-order valence-corrected chi connectivity index (χ1v) is 4.61. The molecular formula is C9H16N2O. The summed E-state index contributed by atoms with van der Waals surface area (Å²) in [5.41, 5.74) is 1.17. The minimum absolute atomic E-state index is 0.665. The Kier molecular flexibility index (Phi) is 2.05. The molecular weight excluding hydrogens is 152 g/mol. The molecule has 3 nitrogen and oxygen atoms in total. The molecule has 3 atom stereocenters. The molecule has 0 aliphatic carbocycles. The number of fused-ring (bicyclic) bond motifs is 2. The number of oxime groups is 1. The smallest absolute Gasteiger partial charge is 0.106 e. The molecule has 3 heteroatoms. The van der Waals surface area contributed by atoms with Gasteiger partial charge < -0.3 is 9.74 Å². The van der Waals surface area contributed by atoms with Crippen molar-refractivity contribution in [2.75, 3.05) is 26.7 Å². The fourth-order valence-corrected chi connectivity index (χ4v) is 2.47. The zero-order valence-electron chi connectivity index (χ0n) is 7.79. The van der Waals surface area contributed by atoms with Gasteiger partial charge in [-0.1, -0.05) is 5.16 Å². The van der Waals surface area contributed by atoms with Gasteiger partial charge in [0.1, 0.15) is 7.11 Å². The Bertz CT molecular complexity index is 203. The van der Waals surface area contributed by atoms with E-state index in [9.17, 15) is 0 Å². The summed E-state index contributed by atoms with van der Waals surface area (Å²) in [6, 6.07) is 0. The Morgan fingerprint density at radius 3 is 2.83 bits per heavy atom. The van der Waals surface area contributed by atoms with Gasteiger partial charge >= 0.3 is 0 Å². The summed E-state index contributed by atoms with van der Waals surface area (Å²) in [7, 11) is 1.62. The van der Waals surface area contributed by atoms with Crippen molar-refractivity contribution in [1.29, 1.82) is 0 Å². The Labute approximate surface area is 73.4 Å². The predicted octanol–water partition coefficient (Wildman–Crippen LogP) is 0.960. The Balaban J connectivity index is 2.02. The molecule has 2 aliphatic heterocycles. The molecule has 0 aromatic rings. The summed E-state index contributed by atoms with van der Waals surface area (Å²) in [6.45, 7) is 5.85. The van der Waals surface area contributed by atoms with E-state index < -0.39 is 0 Å². The summed E-state index contributed by atoms with van der Waals surface area (Å²) < 4.78 is 0. The third-order valence-electron chi connectivity index (χ3n) is 3.10. The second kappa shape index (κ2) is 3.05. The molecule has 0 radical (unpaired) electrons. The van der Waals surface area contributed by atoms with Crippen LogP contribution < -0.4 is 0 Å². The SMILES string of the molecule is CO/N=C(\C)C1CN2CCC1C2. The zero-order valence-corrected chi connectivity index (χ0v) is 7.79. The molecule has 0 aromatic carbocycles. The highest BCUT2D eigenvalue weighted by Crippen LogP contribution is 2.33. The molecule has 2 saturated heterocycles. The maximum atomic E-state index is 4.79. The molecule has 0 amide bonds. The minimum atomic E-state index is 0.665. The molecule has 2 aliphatic rings. The lowest BCUT2D eigenvalue weighted by atomic mass is 9.89. The maximum absolute atomic E-state index is 4.79. The Morgan fingerprint density at radius 1 is 1.50 bits per heavy atom. The minimum Gasteiger partial charge on any atom is -0.399 e. The maximum Gasteiger partial charge on any atom is 0.106 e. The monoisotopic (exact) mass is 168 g/mol. The average molecular weight is 168 g/mol. The number of hydrogen-bond acceptors (Lipinski definition) is 3. The zero-order chi connectivity index (χ0) is 8.55. The van der Waals surface area contributed by atoms with E-state index in [4.69, 9.17) is 4.84 Å². The fraction of sp³-hybridized carbons (Fsp3) is 0.889. The molecule has 2 heterocycles. The van der Waals surface area contributed by atoms with Gasteiger partial charge in [0.05, 0.1) is 5.71 Å². The van der Waals surface area contributed by atoms with Crippen molar-refractivity contribution in [3.05, 3.63) is 0 Å². The van der Waals surface area contributed by atoms with Crippen LogP contribution in [-0.4, -0.2) is 37.4 Å². The summed E-state index contributed by atoms with van der Waals surface area (Å²) in [4.78, 5) is 7.31. The Hall–Kier alpha value is -0.570. The van der Waals surface area contributed by atoms with Crippen molar-refractivity contribution in [3.8, 4) is 0 Å². The van der Waals surface area contributed by atoms with E-state index in [1.54, 1.807) is 7.11 Å². The van der Waals surface area contributed by atoms with E-state index in [0.717, 1.165) is 5.92 Å². The third kappa shape index (κ3) is 1.22. The lowest BCUT2D eigenvalue weighted by Crippen LogP contribution is -2.28. The molecule has 0 N–H and O–H groups in total. The second-order valence-corrected chi connectivity index (χ2v) is 3.83. The molecule has 2 fully saturated rings. The number of hydrogen-bond donors (Lipinski definition) is 0. The number of rotatable bonds is 2. The van der Waals surface area contributed by atoms with Crippen LogP contribution in [0.1, 0.15) is 13.3 Å². The molecule has 2 bridgehead atoms. The average Bonchev–Trinajstić information content (AvgIpc) is 2.64. The van der Waals surface area contributed by atoms with Crippen molar-refractivity contribution in [3.63, 3.8) is 0 Å². The van der Waals surface area contributed by atoms with E-state index in [0.29, 0.717) is 5.92 Å². The van der Waals surface area contributed by atoms with Gasteiger partial charge in [-0.05, 0) is 25.8 Å². The van der Waals surface area contributed by atoms with Crippen molar-refractivity contribution in [2.45, 2.75) is 13.3 Å². The van der Waals surface area contributed by atoms with Crippen LogP contribution in [0.15, 0.2) is 5.16 Å². The van der Waals surface area contributed by atoms with Crippen LogP contribution in [-0.2, 0) is 4.84 Å². The standard InChI is InChI=1S/C9H16N2O/c1-7(10-12-2)9-6-11-4-3-8(9)5-11/h8-9H,3-6H2,1-2H3/b10-7+. The molecule has 68 valence electrons. The fourth-order valence-electron chi connectivity index (χ4n) is 2.47. The predicted molar refractivity (Wildman–Crippen MR) is 48.2 cm³/mol. The van der Waals surface area contributed by atoms with Crippen LogP contribution in [0, 0.1) is 11.8 Å². The van der Waals surface area contributed by atoms with E-state index in [2.05, 4.69) is 17.0 Å². The quantitative estimate of drug-likeness (QED) is 0.453. The molecule has 0 aromatic heterocycles. The van der Waals surface area contributed by atoms with E-state index in [1.165, 1.54) is 31.8 Å². The molecule has 3 unspecified atom stereocenters. The van der Waals surface area contributed by atoms with Crippen LogP contribution in [0.3, 0.4) is 0 Å². The summed E-state index contributed by atoms with van der Waals surface area (Å²) in [5.74, 6) is 1.52. The molecule has 0 saturated carbocycles. The molecule has 2 rings (SSSR count). The first-order valence-electron chi connectivity index (χ1n) is 4.61. The van der Waals surface area contributed by atoms with Gasteiger partial charge in [-0.2, -0.15) is 0 Å². The number of piperidine rings is 1. The van der Waals surface area contributed by atoms with Gasteiger partial charge in [0.2, 0.25) is 0 Å². The van der Waals surface area contributed by atoms with Crippen LogP contribution in [0.5, 0.6) is 0 Å². The van der Waals surface area contributed by atoms with E-state index in [1.807, 2.05) is 0 Å². The van der Waals surface area contributed by atoms with Crippen LogP contribution >= 0.6 is 0 Å². The van der Waals surface area contributed by atoms with Gasteiger partial charge in [0.15, 0.2) is 0 Å².